The van der Waals surface area contributed by atoms with Gasteiger partial charge in [-0.25, -0.2) is 0 Å². The number of nitrogens with zero attached hydrogens (tertiary/aromatic N) is 1. The van der Waals surface area contributed by atoms with Crippen molar-refractivity contribution in [2.24, 2.45) is 5.41 Å². The second kappa shape index (κ2) is 7.68. The molecule has 0 aromatic heterocycles. The summed E-state index contributed by atoms with van der Waals surface area (Å²) in [6, 6.07) is 7.40. The van der Waals surface area contributed by atoms with Gasteiger partial charge in [0.2, 0.25) is 0 Å². The van der Waals surface area contributed by atoms with Crippen molar-refractivity contribution in [3.05, 3.63) is 46.4 Å². The van der Waals surface area contributed by atoms with Crippen LogP contribution in [-0.2, 0) is 0 Å². The molecule has 0 unspecified atom stereocenters. The minimum absolute atomic E-state index is 0.0309. The fourth-order valence-electron chi connectivity index (χ4n) is 1.66. The van der Waals surface area contributed by atoms with Gasteiger partial charge in [-0.2, -0.15) is 0 Å². The SMILES string of the molecule is CCOc1ccccc1N/C(=C/[N+](=O)[O-])N[C@@H](C)C(C)(C)C. The van der Waals surface area contributed by atoms with Crippen LogP contribution in [0.5, 0.6) is 5.75 Å². The molecular weight excluding hydrogens is 282 g/mol. The van der Waals surface area contributed by atoms with Gasteiger partial charge in [0, 0.05) is 6.04 Å². The molecule has 0 aliphatic carbocycles. The number of nitro groups is 1. The quantitative estimate of drug-likeness (QED) is 0.594. The van der Waals surface area contributed by atoms with Gasteiger partial charge < -0.3 is 15.4 Å². The molecule has 6 heteroatoms. The Morgan fingerprint density at radius 2 is 2.05 bits per heavy atom. The molecule has 6 nitrogen and oxygen atoms in total. The van der Waals surface area contributed by atoms with Gasteiger partial charge >= 0.3 is 0 Å². The van der Waals surface area contributed by atoms with Gasteiger partial charge in [-0.05, 0) is 31.4 Å². The van der Waals surface area contributed by atoms with Gasteiger partial charge in [-0.15, -0.1) is 0 Å². The highest BCUT2D eigenvalue weighted by Crippen LogP contribution is 2.26. The third-order valence-electron chi connectivity index (χ3n) is 3.36. The van der Waals surface area contributed by atoms with E-state index in [1.54, 1.807) is 0 Å². The van der Waals surface area contributed by atoms with Crippen LogP contribution < -0.4 is 15.4 Å². The average Bonchev–Trinajstić information content (AvgIpc) is 2.39. The Labute approximate surface area is 131 Å². The zero-order chi connectivity index (χ0) is 16.8. The lowest BCUT2D eigenvalue weighted by Gasteiger charge is -2.29. The Morgan fingerprint density at radius 3 is 2.59 bits per heavy atom. The maximum Gasteiger partial charge on any atom is 0.274 e. The summed E-state index contributed by atoms with van der Waals surface area (Å²) < 4.78 is 5.53. The summed E-state index contributed by atoms with van der Waals surface area (Å²) in [4.78, 5) is 10.4. The standard InChI is InChI=1S/C16H25N3O3/c1-6-22-14-10-8-7-9-13(14)18-15(11-19(20)21)17-12(2)16(3,4)5/h7-12,17-18H,6H2,1-5H3/b15-11+/t12-/m0/s1. The van der Waals surface area contributed by atoms with E-state index in [2.05, 4.69) is 31.4 Å². The average molecular weight is 307 g/mol. The van der Waals surface area contributed by atoms with Crippen molar-refractivity contribution in [2.45, 2.75) is 40.7 Å². The predicted octanol–water partition coefficient (Wildman–Crippen LogP) is 3.60. The number of nitrogens with one attached hydrogen (secondary N) is 2. The summed E-state index contributed by atoms with van der Waals surface area (Å²) in [6.45, 7) is 10.6. The summed E-state index contributed by atoms with van der Waals surface area (Å²) in [6.07, 6.45) is 0.935. The van der Waals surface area contributed by atoms with Gasteiger partial charge in [0.05, 0.1) is 17.2 Å². The lowest BCUT2D eigenvalue weighted by atomic mass is 9.88. The molecule has 1 aromatic rings. The number of para-hydroxylation sites is 2. The Bertz CT molecular complexity index is 536. The zero-order valence-electron chi connectivity index (χ0n) is 13.8. The van der Waals surface area contributed by atoms with Gasteiger partial charge in [0.15, 0.2) is 5.82 Å². The molecule has 0 aliphatic rings. The number of benzene rings is 1. The Kier molecular flexibility index (Phi) is 6.22. The number of anilines is 1. The molecule has 122 valence electrons. The van der Waals surface area contributed by atoms with Crippen LogP contribution in [-0.4, -0.2) is 17.6 Å². The first kappa shape index (κ1) is 17.8. The Balaban J connectivity index is 2.98. The molecule has 1 atom stereocenters. The molecule has 0 saturated heterocycles. The van der Waals surface area contributed by atoms with Crippen LogP contribution in [0, 0.1) is 15.5 Å². The molecule has 0 saturated carbocycles. The van der Waals surface area contributed by atoms with E-state index in [9.17, 15) is 10.1 Å². The second-order valence-electron chi connectivity index (χ2n) is 6.11. The first-order valence-electron chi connectivity index (χ1n) is 7.34. The van der Waals surface area contributed by atoms with Crippen LogP contribution in [0.4, 0.5) is 5.69 Å². The van der Waals surface area contributed by atoms with E-state index in [0.29, 0.717) is 23.9 Å². The molecule has 0 spiro atoms. The predicted molar refractivity (Wildman–Crippen MR) is 88.4 cm³/mol. The maximum absolute atomic E-state index is 10.9. The summed E-state index contributed by atoms with van der Waals surface area (Å²) in [5, 5.41) is 17.1. The van der Waals surface area contributed by atoms with Crippen molar-refractivity contribution in [3.63, 3.8) is 0 Å². The van der Waals surface area contributed by atoms with Crippen LogP contribution in [0.25, 0.3) is 0 Å². The number of ether oxygens (including phenoxy) is 1. The zero-order valence-corrected chi connectivity index (χ0v) is 13.8. The van der Waals surface area contributed by atoms with Crippen molar-refractivity contribution in [3.8, 4) is 5.75 Å². The fraction of sp³-hybridized carbons (Fsp3) is 0.500. The lowest BCUT2D eigenvalue weighted by Crippen LogP contribution is -2.39. The molecule has 0 heterocycles. The van der Waals surface area contributed by atoms with E-state index in [4.69, 9.17) is 4.74 Å². The highest BCUT2D eigenvalue weighted by Gasteiger charge is 2.21. The minimum Gasteiger partial charge on any atom is -0.492 e. The first-order chi connectivity index (χ1) is 10.2. The summed E-state index contributed by atoms with van der Waals surface area (Å²) >= 11 is 0. The Morgan fingerprint density at radius 1 is 1.41 bits per heavy atom. The number of hydrogen-bond acceptors (Lipinski definition) is 5. The highest BCUT2D eigenvalue weighted by molar-refractivity contribution is 5.59. The number of rotatable bonds is 7. The van der Waals surface area contributed by atoms with Crippen molar-refractivity contribution in [1.29, 1.82) is 0 Å². The van der Waals surface area contributed by atoms with E-state index in [0.717, 1.165) is 6.20 Å². The largest absolute Gasteiger partial charge is 0.492 e. The van der Waals surface area contributed by atoms with E-state index in [1.165, 1.54) is 0 Å². The summed E-state index contributed by atoms with van der Waals surface area (Å²) in [7, 11) is 0. The van der Waals surface area contributed by atoms with Crippen LogP contribution >= 0.6 is 0 Å². The van der Waals surface area contributed by atoms with Crippen molar-refractivity contribution in [2.75, 3.05) is 11.9 Å². The van der Waals surface area contributed by atoms with E-state index in [-0.39, 0.29) is 11.5 Å². The normalized spacial score (nSPS) is 13.4. The van der Waals surface area contributed by atoms with E-state index < -0.39 is 4.92 Å². The third-order valence-corrected chi connectivity index (χ3v) is 3.36. The Hall–Kier alpha value is -2.24. The molecule has 2 N–H and O–H groups in total. The van der Waals surface area contributed by atoms with Crippen molar-refractivity contribution < 1.29 is 9.66 Å². The maximum atomic E-state index is 10.9. The van der Waals surface area contributed by atoms with Crippen LogP contribution in [0.2, 0.25) is 0 Å². The highest BCUT2D eigenvalue weighted by atomic mass is 16.6. The smallest absolute Gasteiger partial charge is 0.274 e. The second-order valence-corrected chi connectivity index (χ2v) is 6.11. The fourth-order valence-corrected chi connectivity index (χ4v) is 1.66. The van der Waals surface area contributed by atoms with Crippen molar-refractivity contribution in [1.82, 2.24) is 5.32 Å². The van der Waals surface area contributed by atoms with Gasteiger partial charge in [0.25, 0.3) is 6.20 Å². The van der Waals surface area contributed by atoms with Crippen LogP contribution in [0.15, 0.2) is 36.3 Å². The minimum atomic E-state index is -0.478. The number of hydrogen-bond donors (Lipinski definition) is 2. The van der Waals surface area contributed by atoms with Gasteiger partial charge in [0.1, 0.15) is 5.75 Å². The topological polar surface area (TPSA) is 76.4 Å². The first-order valence-corrected chi connectivity index (χ1v) is 7.34. The van der Waals surface area contributed by atoms with Crippen LogP contribution in [0.3, 0.4) is 0 Å². The molecule has 0 bridgehead atoms. The molecule has 0 amide bonds. The van der Waals surface area contributed by atoms with Crippen LogP contribution in [0.1, 0.15) is 34.6 Å². The molecular formula is C16H25N3O3. The monoisotopic (exact) mass is 307 g/mol. The lowest BCUT2D eigenvalue weighted by molar-refractivity contribution is -0.403. The summed E-state index contributed by atoms with van der Waals surface area (Å²) in [5.74, 6) is 0.990. The molecule has 22 heavy (non-hydrogen) atoms. The van der Waals surface area contributed by atoms with Crippen molar-refractivity contribution >= 4 is 5.69 Å². The molecule has 0 aliphatic heterocycles. The van der Waals surface area contributed by atoms with Gasteiger partial charge in [-0.1, -0.05) is 32.9 Å². The summed E-state index contributed by atoms with van der Waals surface area (Å²) in [5.41, 5.74) is 0.655. The van der Waals surface area contributed by atoms with E-state index >= 15 is 0 Å². The molecule has 0 fully saturated rings. The molecule has 0 radical (unpaired) electrons. The molecule has 1 rings (SSSR count). The molecule has 1 aromatic carbocycles. The third kappa shape index (κ3) is 5.63. The van der Waals surface area contributed by atoms with Gasteiger partial charge in [-0.3, -0.25) is 10.1 Å². The van der Waals surface area contributed by atoms with E-state index in [1.807, 2.05) is 38.1 Å².